The quantitative estimate of drug-likeness (QED) is 0.351. The highest BCUT2D eigenvalue weighted by atomic mass is 16.4. The number of hydrogen-bond donors (Lipinski definition) is 4. The first-order chi connectivity index (χ1) is 16.1. The van der Waals surface area contributed by atoms with Gasteiger partial charge in [-0.15, -0.1) is 0 Å². The van der Waals surface area contributed by atoms with Gasteiger partial charge in [0.05, 0.1) is 11.9 Å². The maximum atomic E-state index is 12.5. The maximum Gasteiger partial charge on any atom is 0.303 e. The van der Waals surface area contributed by atoms with Gasteiger partial charge >= 0.3 is 5.97 Å². The number of rotatable bonds is 10. The molecule has 0 spiro atoms. The van der Waals surface area contributed by atoms with Crippen molar-refractivity contribution in [3.05, 3.63) is 47.3 Å². The van der Waals surface area contributed by atoms with Crippen LogP contribution < -0.4 is 16.8 Å². The monoisotopic (exact) mass is 465 g/mol. The number of nitrogens with zero attached hydrogens (tertiary/aromatic N) is 4. The molecule has 0 radical (unpaired) electrons. The standard InChI is InChI=1S/C24H31N7O3/c1-13(2)10-17(11-18-12-27-22-20(29-18)21(25)30-24(26)31-22)15-5-7-16(8-6-15)23(34)28-14(3)4-9-19(32)33/h5-8,12-14,17H,4,9-11H2,1-3H3,(H,28,34)(H,32,33)(H4,25,26,27,30,31)/t14-,17?/m1/s1. The maximum absolute atomic E-state index is 12.5. The van der Waals surface area contributed by atoms with Gasteiger partial charge in [-0.3, -0.25) is 9.59 Å². The number of nitrogens with two attached hydrogens (primary N) is 2. The lowest BCUT2D eigenvalue weighted by molar-refractivity contribution is -0.137. The van der Waals surface area contributed by atoms with Gasteiger partial charge in [0.25, 0.3) is 5.91 Å². The molecule has 0 fully saturated rings. The Kier molecular flexibility index (Phi) is 7.93. The second-order valence-corrected chi connectivity index (χ2v) is 8.96. The molecule has 0 saturated heterocycles. The highest BCUT2D eigenvalue weighted by molar-refractivity contribution is 5.94. The largest absolute Gasteiger partial charge is 0.481 e. The number of nitrogens with one attached hydrogen (secondary N) is 1. The molecule has 1 aromatic carbocycles. The van der Waals surface area contributed by atoms with Crippen LogP contribution in [-0.4, -0.2) is 43.0 Å². The predicted molar refractivity (Wildman–Crippen MR) is 130 cm³/mol. The summed E-state index contributed by atoms with van der Waals surface area (Å²) in [7, 11) is 0. The molecular weight excluding hydrogens is 434 g/mol. The van der Waals surface area contributed by atoms with E-state index < -0.39 is 5.97 Å². The van der Waals surface area contributed by atoms with Crippen molar-refractivity contribution in [2.24, 2.45) is 5.92 Å². The van der Waals surface area contributed by atoms with Crippen LogP contribution in [0.2, 0.25) is 0 Å². The average molecular weight is 466 g/mol. The number of nitrogen functional groups attached to an aromatic ring is 2. The van der Waals surface area contributed by atoms with Crippen LogP contribution in [0, 0.1) is 5.92 Å². The summed E-state index contributed by atoms with van der Waals surface area (Å²) in [6.07, 6.45) is 3.64. The van der Waals surface area contributed by atoms with E-state index in [0.717, 1.165) is 17.7 Å². The Hall–Kier alpha value is -3.82. The lowest BCUT2D eigenvalue weighted by atomic mass is 9.86. The van der Waals surface area contributed by atoms with Crippen LogP contribution in [0.4, 0.5) is 11.8 Å². The topological polar surface area (TPSA) is 170 Å². The Labute approximate surface area is 198 Å². The van der Waals surface area contributed by atoms with Crippen molar-refractivity contribution in [1.29, 1.82) is 0 Å². The van der Waals surface area contributed by atoms with Gasteiger partial charge in [0, 0.05) is 18.0 Å². The first-order valence-electron chi connectivity index (χ1n) is 11.3. The number of hydrogen-bond acceptors (Lipinski definition) is 8. The second-order valence-electron chi connectivity index (χ2n) is 8.96. The molecule has 1 amide bonds. The summed E-state index contributed by atoms with van der Waals surface area (Å²) in [4.78, 5) is 40.3. The minimum Gasteiger partial charge on any atom is -0.481 e. The molecule has 6 N–H and O–H groups in total. The molecule has 0 aliphatic rings. The molecule has 2 heterocycles. The Morgan fingerprint density at radius 3 is 2.41 bits per heavy atom. The van der Waals surface area contributed by atoms with E-state index in [2.05, 4.69) is 39.1 Å². The van der Waals surface area contributed by atoms with E-state index in [4.69, 9.17) is 16.6 Å². The van der Waals surface area contributed by atoms with Crippen molar-refractivity contribution < 1.29 is 14.7 Å². The van der Waals surface area contributed by atoms with Gasteiger partial charge in [-0.2, -0.15) is 9.97 Å². The number of aliphatic carboxylic acids is 1. The molecule has 0 aliphatic heterocycles. The van der Waals surface area contributed by atoms with Crippen LogP contribution >= 0.6 is 0 Å². The number of carbonyl (C=O) groups excluding carboxylic acids is 1. The number of amides is 1. The van der Waals surface area contributed by atoms with Crippen molar-refractivity contribution in [1.82, 2.24) is 25.3 Å². The van der Waals surface area contributed by atoms with Crippen LogP contribution in [0.5, 0.6) is 0 Å². The van der Waals surface area contributed by atoms with E-state index in [9.17, 15) is 9.59 Å². The molecule has 34 heavy (non-hydrogen) atoms. The SMILES string of the molecule is CC(C)CC(Cc1cnc2nc(N)nc(N)c2n1)c1ccc(C(=O)N[C@H](C)CCC(=O)O)cc1. The van der Waals surface area contributed by atoms with Crippen LogP contribution in [0.25, 0.3) is 11.2 Å². The average Bonchev–Trinajstić information content (AvgIpc) is 2.77. The fourth-order valence-corrected chi connectivity index (χ4v) is 3.87. The number of carboxylic acids is 1. The van der Waals surface area contributed by atoms with Gasteiger partial charge in [-0.05, 0) is 55.7 Å². The zero-order chi connectivity index (χ0) is 24.8. The molecule has 0 aliphatic carbocycles. The summed E-state index contributed by atoms with van der Waals surface area (Å²) in [5, 5.41) is 11.6. The van der Waals surface area contributed by atoms with Crippen LogP contribution in [0.15, 0.2) is 30.5 Å². The van der Waals surface area contributed by atoms with Crippen molar-refractivity contribution in [2.45, 2.75) is 58.4 Å². The zero-order valence-electron chi connectivity index (χ0n) is 19.7. The van der Waals surface area contributed by atoms with Gasteiger partial charge in [0.1, 0.15) is 0 Å². The van der Waals surface area contributed by atoms with E-state index in [1.165, 1.54) is 0 Å². The Morgan fingerprint density at radius 2 is 1.76 bits per heavy atom. The fourth-order valence-electron chi connectivity index (χ4n) is 3.87. The van der Waals surface area contributed by atoms with Gasteiger partial charge < -0.3 is 21.9 Å². The van der Waals surface area contributed by atoms with Crippen LogP contribution in [0.3, 0.4) is 0 Å². The molecule has 1 unspecified atom stereocenters. The number of benzene rings is 1. The van der Waals surface area contributed by atoms with Crippen LogP contribution in [-0.2, 0) is 11.2 Å². The minimum absolute atomic E-state index is 0.0140. The molecule has 180 valence electrons. The van der Waals surface area contributed by atoms with Crippen molar-refractivity contribution in [2.75, 3.05) is 11.5 Å². The summed E-state index contributed by atoms with van der Waals surface area (Å²) < 4.78 is 0. The normalized spacial score (nSPS) is 13.1. The van der Waals surface area contributed by atoms with Crippen molar-refractivity contribution in [3.8, 4) is 0 Å². The summed E-state index contributed by atoms with van der Waals surface area (Å²) in [6.45, 7) is 6.12. The first-order valence-corrected chi connectivity index (χ1v) is 11.3. The molecule has 2 atom stereocenters. The molecular formula is C24H31N7O3. The van der Waals surface area contributed by atoms with Crippen molar-refractivity contribution >= 4 is 34.8 Å². The summed E-state index contributed by atoms with van der Waals surface area (Å²) in [5.41, 5.74) is 14.8. The first kappa shape index (κ1) is 24.8. The number of carbonyl (C=O) groups is 2. The molecule has 3 rings (SSSR count). The Morgan fingerprint density at radius 1 is 1.06 bits per heavy atom. The van der Waals surface area contributed by atoms with Gasteiger partial charge in [0.15, 0.2) is 17.0 Å². The number of aromatic nitrogens is 4. The zero-order valence-corrected chi connectivity index (χ0v) is 19.7. The summed E-state index contributed by atoms with van der Waals surface area (Å²) in [5.74, 6) is -0.230. The third-order valence-electron chi connectivity index (χ3n) is 5.53. The van der Waals surface area contributed by atoms with E-state index >= 15 is 0 Å². The Balaban J connectivity index is 1.76. The highest BCUT2D eigenvalue weighted by Crippen LogP contribution is 2.28. The third-order valence-corrected chi connectivity index (χ3v) is 5.53. The lowest BCUT2D eigenvalue weighted by Gasteiger charge is -2.20. The summed E-state index contributed by atoms with van der Waals surface area (Å²) in [6, 6.07) is 7.27. The molecule has 10 heteroatoms. The predicted octanol–water partition coefficient (Wildman–Crippen LogP) is 2.94. The minimum atomic E-state index is -0.878. The van der Waals surface area contributed by atoms with Crippen molar-refractivity contribution in [3.63, 3.8) is 0 Å². The molecule has 0 saturated carbocycles. The fraction of sp³-hybridized carbons (Fsp3) is 0.417. The van der Waals surface area contributed by atoms with Gasteiger partial charge in [-0.25, -0.2) is 9.97 Å². The van der Waals surface area contributed by atoms with E-state index in [0.29, 0.717) is 35.5 Å². The van der Waals surface area contributed by atoms with E-state index in [1.54, 1.807) is 25.3 Å². The van der Waals surface area contributed by atoms with Gasteiger partial charge in [-0.1, -0.05) is 26.0 Å². The molecule has 3 aromatic rings. The molecule has 2 aromatic heterocycles. The highest BCUT2D eigenvalue weighted by Gasteiger charge is 2.18. The molecule has 0 bridgehead atoms. The van der Waals surface area contributed by atoms with E-state index in [-0.39, 0.29) is 36.1 Å². The lowest BCUT2D eigenvalue weighted by Crippen LogP contribution is -2.32. The number of anilines is 2. The molecule has 10 nitrogen and oxygen atoms in total. The van der Waals surface area contributed by atoms with E-state index in [1.807, 2.05) is 12.1 Å². The van der Waals surface area contributed by atoms with Gasteiger partial charge in [0.2, 0.25) is 5.95 Å². The second kappa shape index (κ2) is 10.9. The smallest absolute Gasteiger partial charge is 0.303 e. The Bertz CT molecular complexity index is 1170. The summed E-state index contributed by atoms with van der Waals surface area (Å²) >= 11 is 0. The third kappa shape index (κ3) is 6.60. The number of carboxylic acid groups (broad SMARTS) is 1. The van der Waals surface area contributed by atoms with Crippen LogP contribution in [0.1, 0.15) is 67.6 Å². The number of fused-ring (bicyclic) bond motifs is 1.